The van der Waals surface area contributed by atoms with Gasteiger partial charge >= 0.3 is 0 Å². The third-order valence-electron chi connectivity index (χ3n) is 3.37. The Balaban J connectivity index is 2.08. The maximum atomic E-state index is 11.9. The molecule has 116 valence electrons. The number of nitrogens with one attached hydrogen (secondary N) is 1. The highest BCUT2D eigenvalue weighted by molar-refractivity contribution is 7.09. The van der Waals surface area contributed by atoms with Crippen molar-refractivity contribution >= 4 is 23.0 Å². The molecule has 2 rings (SSSR count). The normalized spacial score (nSPS) is 11.6. The largest absolute Gasteiger partial charge is 0.273 e. The van der Waals surface area contributed by atoms with E-state index < -0.39 is 0 Å². The Morgan fingerprint density at radius 2 is 1.86 bits per heavy atom. The van der Waals surface area contributed by atoms with Crippen LogP contribution in [0, 0.1) is 27.7 Å². The van der Waals surface area contributed by atoms with Crippen molar-refractivity contribution in [3.63, 3.8) is 0 Å². The molecule has 1 amide bonds. The van der Waals surface area contributed by atoms with E-state index >= 15 is 0 Å². The molecule has 0 fully saturated rings. The predicted molar refractivity (Wildman–Crippen MR) is 91.6 cm³/mol. The Kier molecular flexibility index (Phi) is 5.08. The van der Waals surface area contributed by atoms with Gasteiger partial charge in [-0.25, -0.2) is 10.4 Å². The Morgan fingerprint density at radius 3 is 2.41 bits per heavy atom. The molecule has 0 radical (unpaired) electrons. The van der Waals surface area contributed by atoms with Gasteiger partial charge in [-0.15, -0.1) is 11.3 Å². The number of rotatable bonds is 4. The van der Waals surface area contributed by atoms with Gasteiger partial charge < -0.3 is 0 Å². The number of amides is 1. The lowest BCUT2D eigenvalue weighted by Crippen LogP contribution is -2.21. The summed E-state index contributed by atoms with van der Waals surface area (Å²) in [5.74, 6) is -0.142. The molecule has 4 nitrogen and oxygen atoms in total. The Labute approximate surface area is 135 Å². The quantitative estimate of drug-likeness (QED) is 0.694. The van der Waals surface area contributed by atoms with Crippen molar-refractivity contribution in [3.05, 3.63) is 50.5 Å². The van der Waals surface area contributed by atoms with E-state index in [0.29, 0.717) is 0 Å². The first-order valence-electron chi connectivity index (χ1n) is 7.19. The second kappa shape index (κ2) is 6.83. The van der Waals surface area contributed by atoms with Crippen molar-refractivity contribution in [2.24, 2.45) is 5.10 Å². The van der Waals surface area contributed by atoms with Gasteiger partial charge in [-0.05, 0) is 45.7 Å². The number of carbonyl (C=O) groups is 1. The average molecular weight is 315 g/mol. The van der Waals surface area contributed by atoms with Crippen LogP contribution in [0.15, 0.2) is 22.6 Å². The Bertz CT molecular complexity index is 708. The topological polar surface area (TPSA) is 54.4 Å². The SMILES string of the molecule is C/C(=N/NC(=O)Cc1nc(C)cs1)c1c(C)cc(C)cc1C. The van der Waals surface area contributed by atoms with Crippen molar-refractivity contribution in [2.45, 2.75) is 41.0 Å². The van der Waals surface area contributed by atoms with Crippen LogP contribution in [0.4, 0.5) is 0 Å². The fourth-order valence-corrected chi connectivity index (χ4v) is 3.38. The first-order chi connectivity index (χ1) is 10.4. The molecule has 0 saturated heterocycles. The second-order valence-corrected chi connectivity index (χ2v) is 6.51. The molecule has 0 saturated carbocycles. The molecular formula is C17H21N3OS. The predicted octanol–water partition coefficient (Wildman–Crippen LogP) is 3.46. The highest BCUT2D eigenvalue weighted by Crippen LogP contribution is 2.17. The average Bonchev–Trinajstić information content (AvgIpc) is 2.80. The van der Waals surface area contributed by atoms with Crippen LogP contribution in [0.1, 0.15) is 39.9 Å². The summed E-state index contributed by atoms with van der Waals surface area (Å²) in [6, 6.07) is 4.25. The van der Waals surface area contributed by atoms with Gasteiger partial charge in [-0.2, -0.15) is 5.10 Å². The summed E-state index contributed by atoms with van der Waals surface area (Å²) >= 11 is 1.49. The number of hydrogen-bond donors (Lipinski definition) is 1. The zero-order valence-electron chi connectivity index (χ0n) is 13.7. The summed E-state index contributed by atoms with van der Waals surface area (Å²) in [6.45, 7) is 10.0. The van der Waals surface area contributed by atoms with Gasteiger partial charge in [0.1, 0.15) is 5.01 Å². The molecule has 0 aliphatic rings. The van der Waals surface area contributed by atoms with Gasteiger partial charge in [0.2, 0.25) is 5.91 Å². The molecule has 1 aromatic carbocycles. The summed E-state index contributed by atoms with van der Waals surface area (Å²) in [6.07, 6.45) is 0.265. The van der Waals surface area contributed by atoms with Crippen molar-refractivity contribution in [2.75, 3.05) is 0 Å². The summed E-state index contributed by atoms with van der Waals surface area (Å²) in [7, 11) is 0. The summed E-state index contributed by atoms with van der Waals surface area (Å²) in [5, 5.41) is 6.99. The molecule has 0 atom stereocenters. The number of thiazole rings is 1. The molecule has 5 heteroatoms. The minimum absolute atomic E-state index is 0.142. The van der Waals surface area contributed by atoms with Crippen molar-refractivity contribution < 1.29 is 4.79 Å². The lowest BCUT2D eigenvalue weighted by molar-refractivity contribution is -0.120. The second-order valence-electron chi connectivity index (χ2n) is 5.57. The molecule has 0 bridgehead atoms. The van der Waals surface area contributed by atoms with E-state index in [9.17, 15) is 4.79 Å². The van der Waals surface area contributed by atoms with E-state index in [1.54, 1.807) is 0 Å². The van der Waals surface area contributed by atoms with Gasteiger partial charge in [0.05, 0.1) is 12.1 Å². The number of nitrogens with zero attached hydrogens (tertiary/aromatic N) is 2. The third kappa shape index (κ3) is 4.01. The summed E-state index contributed by atoms with van der Waals surface area (Å²) in [4.78, 5) is 16.2. The van der Waals surface area contributed by atoms with Crippen LogP contribution in [0.25, 0.3) is 0 Å². The number of benzene rings is 1. The van der Waals surface area contributed by atoms with E-state index in [2.05, 4.69) is 48.4 Å². The molecule has 0 unspecified atom stereocenters. The molecule has 22 heavy (non-hydrogen) atoms. The van der Waals surface area contributed by atoms with Crippen LogP contribution in [0.3, 0.4) is 0 Å². The molecular weight excluding hydrogens is 294 g/mol. The lowest BCUT2D eigenvalue weighted by Gasteiger charge is -2.11. The van der Waals surface area contributed by atoms with Crippen LogP contribution in [0.2, 0.25) is 0 Å². The van der Waals surface area contributed by atoms with E-state index in [1.165, 1.54) is 28.0 Å². The maximum Gasteiger partial charge on any atom is 0.246 e. The summed E-state index contributed by atoms with van der Waals surface area (Å²) < 4.78 is 0. The van der Waals surface area contributed by atoms with Gasteiger partial charge in [-0.1, -0.05) is 17.7 Å². The number of carbonyl (C=O) groups excluding carboxylic acids is 1. The molecule has 2 aromatic rings. The molecule has 1 N–H and O–H groups in total. The van der Waals surface area contributed by atoms with Crippen molar-refractivity contribution in [3.8, 4) is 0 Å². The standard InChI is InChI=1S/C17H21N3OS/c1-10-6-11(2)17(12(3)7-10)14(5)19-20-15(21)8-16-18-13(4)9-22-16/h6-7,9H,8H2,1-5H3,(H,20,21)/b19-14-. The fourth-order valence-electron chi connectivity index (χ4n) is 2.61. The van der Waals surface area contributed by atoms with Crippen LogP contribution in [-0.4, -0.2) is 16.6 Å². The highest BCUT2D eigenvalue weighted by Gasteiger charge is 2.09. The highest BCUT2D eigenvalue weighted by atomic mass is 32.1. The van der Waals surface area contributed by atoms with E-state index in [4.69, 9.17) is 0 Å². The minimum atomic E-state index is -0.142. The molecule has 1 aromatic heterocycles. The molecule has 0 aliphatic heterocycles. The maximum absolute atomic E-state index is 11.9. The first kappa shape index (κ1) is 16.4. The van der Waals surface area contributed by atoms with Crippen molar-refractivity contribution in [1.29, 1.82) is 0 Å². The fraction of sp³-hybridized carbons (Fsp3) is 0.353. The molecule has 0 spiro atoms. The van der Waals surface area contributed by atoms with Gasteiger partial charge in [0, 0.05) is 16.6 Å². The minimum Gasteiger partial charge on any atom is -0.273 e. The van der Waals surface area contributed by atoms with Gasteiger partial charge in [0.25, 0.3) is 0 Å². The van der Waals surface area contributed by atoms with Crippen LogP contribution in [0.5, 0.6) is 0 Å². The zero-order chi connectivity index (χ0) is 16.3. The Hall–Kier alpha value is -2.01. The van der Waals surface area contributed by atoms with Crippen molar-refractivity contribution in [1.82, 2.24) is 10.4 Å². The lowest BCUT2D eigenvalue weighted by atomic mass is 9.97. The van der Waals surface area contributed by atoms with Crippen LogP contribution in [-0.2, 0) is 11.2 Å². The zero-order valence-corrected chi connectivity index (χ0v) is 14.5. The van der Waals surface area contributed by atoms with E-state index in [1.807, 2.05) is 19.2 Å². The van der Waals surface area contributed by atoms with E-state index in [-0.39, 0.29) is 12.3 Å². The number of hydrogen-bond acceptors (Lipinski definition) is 4. The van der Waals surface area contributed by atoms with Crippen LogP contribution < -0.4 is 5.43 Å². The smallest absolute Gasteiger partial charge is 0.246 e. The van der Waals surface area contributed by atoms with Crippen LogP contribution >= 0.6 is 11.3 Å². The first-order valence-corrected chi connectivity index (χ1v) is 8.07. The third-order valence-corrected chi connectivity index (χ3v) is 4.33. The molecule has 1 heterocycles. The van der Waals surface area contributed by atoms with Gasteiger partial charge in [-0.3, -0.25) is 4.79 Å². The monoisotopic (exact) mass is 315 g/mol. The van der Waals surface area contributed by atoms with Gasteiger partial charge in [0.15, 0.2) is 0 Å². The molecule has 0 aliphatic carbocycles. The number of aryl methyl sites for hydroxylation is 4. The Morgan fingerprint density at radius 1 is 1.23 bits per heavy atom. The summed E-state index contributed by atoms with van der Waals surface area (Å²) in [5.41, 5.74) is 9.05. The van der Waals surface area contributed by atoms with E-state index in [0.717, 1.165) is 22.0 Å². The number of hydrazone groups is 1. The number of aromatic nitrogens is 1.